The van der Waals surface area contributed by atoms with Gasteiger partial charge in [0.05, 0.1) is 6.61 Å². The molecular formula is C6H13K2O9P. The Balaban J connectivity index is 0. The number of ether oxygens (including phenoxy) is 1. The average molecular weight is 339 g/mol. The van der Waals surface area contributed by atoms with E-state index in [4.69, 9.17) is 14.9 Å². The summed E-state index contributed by atoms with van der Waals surface area (Å²) < 4.78 is 19.2. The Hall–Kier alpha value is 3.18. The summed E-state index contributed by atoms with van der Waals surface area (Å²) in [6.07, 6.45) is -8.25. The second kappa shape index (κ2) is 10.1. The van der Waals surface area contributed by atoms with Crippen LogP contribution >= 0.6 is 7.82 Å². The molecule has 0 spiro atoms. The average Bonchev–Trinajstić information content (AvgIpc) is 2.17. The quantitative estimate of drug-likeness (QED) is 0.172. The minimum absolute atomic E-state index is 0. The van der Waals surface area contributed by atoms with Crippen LogP contribution in [0.2, 0.25) is 0 Å². The van der Waals surface area contributed by atoms with Crippen LogP contribution in [0.5, 0.6) is 0 Å². The summed E-state index contributed by atoms with van der Waals surface area (Å²) in [7, 11) is -4.91. The monoisotopic (exact) mass is 339 g/mol. The molecule has 0 saturated carbocycles. The van der Waals surface area contributed by atoms with Gasteiger partial charge < -0.3 is 34.9 Å². The van der Waals surface area contributed by atoms with E-state index in [-0.39, 0.29) is 103 Å². The summed E-state index contributed by atoms with van der Waals surface area (Å²) in [4.78, 5) is 17.0. The van der Waals surface area contributed by atoms with Crippen molar-refractivity contribution in [2.45, 2.75) is 30.7 Å². The molecule has 6 N–H and O–H groups in total. The van der Waals surface area contributed by atoms with Crippen molar-refractivity contribution in [2.75, 3.05) is 6.61 Å². The third kappa shape index (κ3) is 6.96. The molecule has 1 heterocycles. The molecule has 1 fully saturated rings. The number of hydrogen-bond donors (Lipinski definition) is 6. The van der Waals surface area contributed by atoms with Crippen molar-refractivity contribution in [2.24, 2.45) is 0 Å². The third-order valence-corrected chi connectivity index (χ3v) is 2.57. The number of rotatable bonds is 3. The third-order valence-electron chi connectivity index (χ3n) is 2.09. The number of phosphoric ester groups is 1. The summed E-state index contributed by atoms with van der Waals surface area (Å²) in [5.41, 5.74) is 0. The standard InChI is InChI=1S/C6H13O9P.2K/c7-1-2-3(8)4(9)5(10)6(14-2)15-16(11,12)13;;/h2-10H,1H2,(H2,11,12,13);;/t2-,3+,4+,5-,6-;;/m1../s1/i6+1;;. The van der Waals surface area contributed by atoms with Gasteiger partial charge in [-0.05, 0) is 0 Å². The zero-order valence-corrected chi connectivity index (χ0v) is 17.1. The molecule has 1 rings (SSSR count). The van der Waals surface area contributed by atoms with E-state index in [0.29, 0.717) is 0 Å². The fourth-order valence-corrected chi connectivity index (χ4v) is 1.73. The number of aliphatic hydroxyl groups is 4. The SMILES string of the molecule is O=P(O)(O)O[13C@H]1O[C@H](CO)[C@H](O)[C@H](O)[C@H]1O.[K].[K]. The first-order valence-corrected chi connectivity index (χ1v) is 5.83. The molecule has 1 aliphatic heterocycles. The summed E-state index contributed by atoms with van der Waals surface area (Å²) in [5.74, 6) is 0. The smallest absolute Gasteiger partial charge is 0.394 e. The maximum Gasteiger partial charge on any atom is 0.472 e. The second-order valence-electron chi connectivity index (χ2n) is 3.29. The predicted molar refractivity (Wildman–Crippen MR) is 58.4 cm³/mol. The van der Waals surface area contributed by atoms with Crippen LogP contribution in [-0.2, 0) is 13.8 Å². The molecule has 0 unspecified atom stereocenters. The van der Waals surface area contributed by atoms with E-state index in [9.17, 15) is 19.9 Å². The molecule has 98 valence electrons. The van der Waals surface area contributed by atoms with Crippen molar-refractivity contribution in [3.63, 3.8) is 0 Å². The van der Waals surface area contributed by atoms with Gasteiger partial charge in [-0.3, -0.25) is 4.52 Å². The minimum Gasteiger partial charge on any atom is -0.394 e. The first kappa shape index (κ1) is 23.4. The molecule has 1 aliphatic rings. The van der Waals surface area contributed by atoms with Gasteiger partial charge >= 0.3 is 7.82 Å². The van der Waals surface area contributed by atoms with Crippen LogP contribution < -0.4 is 0 Å². The Kier molecular flexibility index (Phi) is 13.1. The van der Waals surface area contributed by atoms with Crippen molar-refractivity contribution in [1.29, 1.82) is 0 Å². The topological polar surface area (TPSA) is 157 Å². The van der Waals surface area contributed by atoms with Crippen LogP contribution in [0.25, 0.3) is 0 Å². The molecule has 0 aliphatic carbocycles. The van der Waals surface area contributed by atoms with E-state index in [2.05, 4.69) is 9.26 Å². The largest absolute Gasteiger partial charge is 0.472 e. The van der Waals surface area contributed by atoms with Crippen molar-refractivity contribution in [3.8, 4) is 0 Å². The maximum atomic E-state index is 10.5. The van der Waals surface area contributed by atoms with Gasteiger partial charge in [-0.1, -0.05) is 0 Å². The Labute approximate surface area is 188 Å². The van der Waals surface area contributed by atoms with Crippen molar-refractivity contribution in [1.82, 2.24) is 0 Å². The summed E-state index contributed by atoms with van der Waals surface area (Å²) in [6, 6.07) is 0. The van der Waals surface area contributed by atoms with Gasteiger partial charge in [-0.15, -0.1) is 0 Å². The number of phosphoric acid groups is 1. The van der Waals surface area contributed by atoms with E-state index in [1.165, 1.54) is 0 Å². The summed E-state index contributed by atoms with van der Waals surface area (Å²) in [6.45, 7) is -0.702. The molecule has 2 radical (unpaired) electrons. The fourth-order valence-electron chi connectivity index (χ4n) is 1.29. The zero-order valence-electron chi connectivity index (χ0n) is 9.95. The molecule has 0 aromatic rings. The van der Waals surface area contributed by atoms with E-state index >= 15 is 0 Å². The Morgan fingerprint density at radius 2 is 1.56 bits per heavy atom. The van der Waals surface area contributed by atoms with E-state index in [0.717, 1.165) is 0 Å². The fraction of sp³-hybridized carbons (Fsp3) is 1.00. The van der Waals surface area contributed by atoms with Gasteiger partial charge in [0.2, 0.25) is 0 Å². The maximum absolute atomic E-state index is 10.5. The Morgan fingerprint density at radius 3 is 1.94 bits per heavy atom. The van der Waals surface area contributed by atoms with Gasteiger partial charge in [0.1, 0.15) is 24.4 Å². The molecule has 9 nitrogen and oxygen atoms in total. The molecule has 0 amide bonds. The molecule has 0 aromatic carbocycles. The van der Waals surface area contributed by atoms with Crippen LogP contribution in [-0.4, -0.2) is 170 Å². The second-order valence-corrected chi connectivity index (χ2v) is 4.49. The normalized spacial score (nSPS) is 36.4. The number of aliphatic hydroxyl groups excluding tert-OH is 4. The first-order chi connectivity index (χ1) is 7.26. The van der Waals surface area contributed by atoms with Crippen LogP contribution in [0, 0.1) is 0 Å². The van der Waals surface area contributed by atoms with E-state index in [1.54, 1.807) is 0 Å². The Bertz CT molecular complexity index is 284. The molecule has 0 aromatic heterocycles. The summed E-state index contributed by atoms with van der Waals surface area (Å²) >= 11 is 0. The van der Waals surface area contributed by atoms with E-state index in [1.807, 2.05) is 0 Å². The molecule has 12 heteroatoms. The van der Waals surface area contributed by atoms with Crippen molar-refractivity contribution in [3.05, 3.63) is 0 Å². The molecule has 1 saturated heterocycles. The van der Waals surface area contributed by atoms with Crippen molar-refractivity contribution >= 4 is 111 Å². The Morgan fingerprint density at radius 1 is 1.06 bits per heavy atom. The van der Waals surface area contributed by atoms with Gasteiger partial charge in [0, 0.05) is 103 Å². The van der Waals surface area contributed by atoms with Gasteiger partial charge in [-0.25, -0.2) is 4.57 Å². The minimum atomic E-state index is -4.91. The number of hydrogen-bond acceptors (Lipinski definition) is 7. The van der Waals surface area contributed by atoms with Gasteiger partial charge in [-0.2, -0.15) is 0 Å². The zero-order chi connectivity index (χ0) is 12.5. The van der Waals surface area contributed by atoms with Crippen LogP contribution in [0.3, 0.4) is 0 Å². The van der Waals surface area contributed by atoms with Crippen LogP contribution in [0.1, 0.15) is 0 Å². The summed E-state index contributed by atoms with van der Waals surface area (Å²) in [5, 5.41) is 36.6. The molecule has 0 bridgehead atoms. The van der Waals surface area contributed by atoms with Gasteiger partial charge in [0.15, 0.2) is 6.29 Å². The predicted octanol–water partition coefficient (Wildman–Crippen LogP) is -3.87. The molecular weight excluding hydrogens is 326 g/mol. The molecule has 18 heavy (non-hydrogen) atoms. The molecule has 5 atom stereocenters. The van der Waals surface area contributed by atoms with Crippen LogP contribution in [0.15, 0.2) is 0 Å². The van der Waals surface area contributed by atoms with E-state index < -0.39 is 45.1 Å². The van der Waals surface area contributed by atoms with Crippen LogP contribution in [0.4, 0.5) is 0 Å². The van der Waals surface area contributed by atoms with Gasteiger partial charge in [0.25, 0.3) is 0 Å². The first-order valence-electron chi connectivity index (χ1n) is 4.30. The van der Waals surface area contributed by atoms with Crippen molar-refractivity contribution < 1.29 is 44.0 Å².